The number of halogens is 2. The van der Waals surface area contributed by atoms with Crippen LogP contribution in [0.5, 0.6) is 5.75 Å². The second-order valence-corrected chi connectivity index (χ2v) is 6.85. The highest BCUT2D eigenvalue weighted by atomic mass is 32.2. The molecule has 0 aliphatic heterocycles. The first-order valence-electron chi connectivity index (χ1n) is 7.08. The molecule has 0 saturated carbocycles. The third-order valence-electron chi connectivity index (χ3n) is 3.01. The van der Waals surface area contributed by atoms with Gasteiger partial charge in [-0.2, -0.15) is 8.78 Å². The van der Waals surface area contributed by atoms with E-state index < -0.39 is 16.6 Å². The largest absolute Gasteiger partial charge is 0.435 e. The standard InChI is InChI=1S/C17H15F2NO4S/c1-25(22,23)20-14-7-5-13(6-8-14)16(21)11-4-12-2-9-15(10-3-12)24-17(18)19/h2-11,17,20H,1H3. The van der Waals surface area contributed by atoms with Crippen molar-refractivity contribution >= 4 is 27.6 Å². The van der Waals surface area contributed by atoms with Crippen molar-refractivity contribution in [1.29, 1.82) is 0 Å². The van der Waals surface area contributed by atoms with E-state index in [1.54, 1.807) is 12.1 Å². The predicted molar refractivity (Wildman–Crippen MR) is 91.3 cm³/mol. The quantitative estimate of drug-likeness (QED) is 0.600. The second-order valence-electron chi connectivity index (χ2n) is 5.10. The molecule has 0 aromatic heterocycles. The van der Waals surface area contributed by atoms with Gasteiger partial charge in [-0.1, -0.05) is 18.2 Å². The lowest BCUT2D eigenvalue weighted by Gasteiger charge is -2.04. The fraction of sp³-hybridized carbons (Fsp3) is 0.118. The van der Waals surface area contributed by atoms with Crippen LogP contribution in [0, 0.1) is 0 Å². The molecule has 0 atom stereocenters. The fourth-order valence-electron chi connectivity index (χ4n) is 1.95. The molecule has 5 nitrogen and oxygen atoms in total. The number of sulfonamides is 1. The Morgan fingerprint density at radius 3 is 2.20 bits per heavy atom. The van der Waals surface area contributed by atoms with E-state index in [2.05, 4.69) is 9.46 Å². The van der Waals surface area contributed by atoms with Crippen molar-refractivity contribution in [3.05, 3.63) is 65.7 Å². The number of carbonyl (C=O) groups excluding carboxylic acids is 1. The molecule has 25 heavy (non-hydrogen) atoms. The molecule has 132 valence electrons. The summed E-state index contributed by atoms with van der Waals surface area (Å²) in [6.45, 7) is -2.89. The van der Waals surface area contributed by atoms with Crippen LogP contribution in [0.15, 0.2) is 54.6 Å². The zero-order chi connectivity index (χ0) is 18.4. The van der Waals surface area contributed by atoms with Crippen molar-refractivity contribution in [3.8, 4) is 5.75 Å². The Bertz CT molecular complexity index is 861. The maximum Gasteiger partial charge on any atom is 0.387 e. The molecule has 0 aliphatic carbocycles. The van der Waals surface area contributed by atoms with E-state index in [-0.39, 0.29) is 11.5 Å². The molecule has 1 N–H and O–H groups in total. The van der Waals surface area contributed by atoms with Gasteiger partial charge in [0.1, 0.15) is 5.75 Å². The van der Waals surface area contributed by atoms with Gasteiger partial charge < -0.3 is 4.74 Å². The van der Waals surface area contributed by atoms with Crippen LogP contribution in [0.1, 0.15) is 15.9 Å². The zero-order valence-electron chi connectivity index (χ0n) is 13.1. The fourth-order valence-corrected chi connectivity index (χ4v) is 2.51. The van der Waals surface area contributed by atoms with Crippen LogP contribution in [0.2, 0.25) is 0 Å². The minimum absolute atomic E-state index is 0.0347. The normalized spacial score (nSPS) is 11.7. The number of ether oxygens (including phenoxy) is 1. The van der Waals surface area contributed by atoms with Gasteiger partial charge in [-0.25, -0.2) is 8.42 Å². The Labute approximate surface area is 144 Å². The Morgan fingerprint density at radius 1 is 1.08 bits per heavy atom. The molecule has 0 bridgehead atoms. The number of nitrogens with one attached hydrogen (secondary N) is 1. The van der Waals surface area contributed by atoms with Crippen molar-refractivity contribution in [1.82, 2.24) is 0 Å². The van der Waals surface area contributed by atoms with Gasteiger partial charge in [-0.3, -0.25) is 9.52 Å². The van der Waals surface area contributed by atoms with E-state index in [0.29, 0.717) is 16.8 Å². The summed E-state index contributed by atoms with van der Waals surface area (Å²) in [7, 11) is -3.37. The van der Waals surface area contributed by atoms with Crippen molar-refractivity contribution in [2.75, 3.05) is 11.0 Å². The predicted octanol–water partition coefficient (Wildman–Crippen LogP) is 3.56. The molecule has 2 rings (SSSR count). The average Bonchev–Trinajstić information content (AvgIpc) is 2.52. The van der Waals surface area contributed by atoms with Crippen LogP contribution in [-0.4, -0.2) is 27.1 Å². The topological polar surface area (TPSA) is 72.5 Å². The molecule has 2 aromatic rings. The average molecular weight is 367 g/mol. The Kier molecular flexibility index (Phi) is 5.87. The van der Waals surface area contributed by atoms with E-state index in [9.17, 15) is 22.0 Å². The summed E-state index contributed by atoms with van der Waals surface area (Å²) in [5, 5.41) is 0. The van der Waals surface area contributed by atoms with Crippen LogP contribution in [0.3, 0.4) is 0 Å². The van der Waals surface area contributed by atoms with Gasteiger partial charge in [-0.15, -0.1) is 0 Å². The Hall–Kier alpha value is -2.74. The van der Waals surface area contributed by atoms with Crippen LogP contribution in [0.4, 0.5) is 14.5 Å². The summed E-state index contributed by atoms with van der Waals surface area (Å²) in [6.07, 6.45) is 3.91. The number of allylic oxidation sites excluding steroid dienone is 1. The van der Waals surface area contributed by atoms with Crippen LogP contribution < -0.4 is 9.46 Å². The number of carbonyl (C=O) groups is 1. The van der Waals surface area contributed by atoms with Gasteiger partial charge in [0, 0.05) is 11.3 Å². The summed E-state index contributed by atoms with van der Waals surface area (Å²) in [4.78, 5) is 12.1. The third kappa shape index (κ3) is 6.34. The first-order chi connectivity index (χ1) is 11.7. The van der Waals surface area contributed by atoms with E-state index >= 15 is 0 Å². The van der Waals surface area contributed by atoms with E-state index in [1.807, 2.05) is 0 Å². The lowest BCUT2D eigenvalue weighted by Crippen LogP contribution is -2.09. The summed E-state index contributed by atoms with van der Waals surface area (Å²) >= 11 is 0. The number of ketones is 1. The summed E-state index contributed by atoms with van der Waals surface area (Å²) in [6, 6.07) is 11.8. The van der Waals surface area contributed by atoms with Crippen molar-refractivity contribution < 1.29 is 26.7 Å². The molecule has 0 saturated heterocycles. The second kappa shape index (κ2) is 7.89. The van der Waals surface area contributed by atoms with Crippen molar-refractivity contribution in [2.45, 2.75) is 6.61 Å². The number of anilines is 1. The molecular weight excluding hydrogens is 352 g/mol. The Morgan fingerprint density at radius 2 is 1.68 bits per heavy atom. The van der Waals surface area contributed by atoms with E-state index in [0.717, 1.165) is 6.26 Å². The molecule has 0 amide bonds. The number of alkyl halides is 2. The van der Waals surface area contributed by atoms with Crippen LogP contribution in [-0.2, 0) is 10.0 Å². The molecule has 0 radical (unpaired) electrons. The first-order valence-corrected chi connectivity index (χ1v) is 8.97. The van der Waals surface area contributed by atoms with Gasteiger partial charge >= 0.3 is 6.61 Å². The lowest BCUT2D eigenvalue weighted by molar-refractivity contribution is -0.0498. The van der Waals surface area contributed by atoms with Crippen LogP contribution in [0.25, 0.3) is 6.08 Å². The number of benzene rings is 2. The molecule has 2 aromatic carbocycles. The monoisotopic (exact) mass is 367 g/mol. The molecule has 0 heterocycles. The number of rotatable bonds is 7. The zero-order valence-corrected chi connectivity index (χ0v) is 14.0. The van der Waals surface area contributed by atoms with Gasteiger partial charge in [0.15, 0.2) is 5.78 Å². The Balaban J connectivity index is 2.02. The molecule has 0 unspecified atom stereocenters. The molecular formula is C17H15F2NO4S. The summed E-state index contributed by atoms with van der Waals surface area (Å²) in [5.74, 6) is -0.244. The smallest absolute Gasteiger partial charge is 0.387 e. The highest BCUT2D eigenvalue weighted by Crippen LogP contribution is 2.16. The highest BCUT2D eigenvalue weighted by molar-refractivity contribution is 7.92. The van der Waals surface area contributed by atoms with Crippen molar-refractivity contribution in [3.63, 3.8) is 0 Å². The first kappa shape index (κ1) is 18.6. The van der Waals surface area contributed by atoms with Gasteiger partial charge in [0.25, 0.3) is 0 Å². The van der Waals surface area contributed by atoms with Crippen LogP contribution >= 0.6 is 0 Å². The maximum atomic E-state index is 12.1. The molecule has 8 heteroatoms. The molecule has 0 spiro atoms. The molecule has 0 aliphatic rings. The number of hydrogen-bond acceptors (Lipinski definition) is 4. The minimum Gasteiger partial charge on any atom is -0.435 e. The minimum atomic E-state index is -3.37. The SMILES string of the molecule is CS(=O)(=O)Nc1ccc(C(=O)C=Cc2ccc(OC(F)F)cc2)cc1. The van der Waals surface area contributed by atoms with Gasteiger partial charge in [-0.05, 0) is 48.0 Å². The highest BCUT2D eigenvalue weighted by Gasteiger charge is 2.05. The van der Waals surface area contributed by atoms with E-state index in [4.69, 9.17) is 0 Å². The van der Waals surface area contributed by atoms with Gasteiger partial charge in [0.2, 0.25) is 10.0 Å². The van der Waals surface area contributed by atoms with Crippen molar-refractivity contribution in [2.24, 2.45) is 0 Å². The third-order valence-corrected chi connectivity index (χ3v) is 3.61. The maximum absolute atomic E-state index is 12.1. The lowest BCUT2D eigenvalue weighted by atomic mass is 10.1. The summed E-state index contributed by atoms with van der Waals surface area (Å²) < 4.78 is 52.9. The van der Waals surface area contributed by atoms with E-state index in [1.165, 1.54) is 48.6 Å². The molecule has 0 fully saturated rings. The summed E-state index contributed by atoms with van der Waals surface area (Å²) in [5.41, 5.74) is 1.39. The number of hydrogen-bond donors (Lipinski definition) is 1. The van der Waals surface area contributed by atoms with Gasteiger partial charge in [0.05, 0.1) is 6.26 Å².